The molecule has 2 aliphatic rings. The lowest BCUT2D eigenvalue weighted by Crippen LogP contribution is -2.52. The first kappa shape index (κ1) is 20.9. The highest BCUT2D eigenvalue weighted by Gasteiger charge is 2.44. The van der Waals surface area contributed by atoms with Crippen LogP contribution in [0.1, 0.15) is 51.5 Å². The van der Waals surface area contributed by atoms with Gasteiger partial charge in [0, 0.05) is 37.0 Å². The number of nitrogens with zero attached hydrogens (tertiary/aromatic N) is 2. The van der Waals surface area contributed by atoms with Crippen molar-refractivity contribution >= 4 is 35.1 Å². The fourth-order valence-electron chi connectivity index (χ4n) is 4.09. The summed E-state index contributed by atoms with van der Waals surface area (Å²) in [4.78, 5) is 46.2. The lowest BCUT2D eigenvalue weighted by molar-refractivity contribution is -0.00632. The summed E-state index contributed by atoms with van der Waals surface area (Å²) in [6, 6.07) is 4.68. The van der Waals surface area contributed by atoms with Gasteiger partial charge in [-0.2, -0.15) is 11.8 Å². The standard InChI is InChI=1S/C21H22ClN3O4S/c1-12-7-13(22)8-14-16(26)10-21(29-19(12)14)3-5-25(6-4-21)20(28)15-9-18(27)24-17(23-15)11-30-2/h7-9H,3-6,10-11H2,1-2H3,(H,23,24,27). The van der Waals surface area contributed by atoms with Crippen LogP contribution in [0.25, 0.3) is 0 Å². The third kappa shape index (κ3) is 3.98. The fraction of sp³-hybridized carbons (Fsp3) is 0.429. The van der Waals surface area contributed by atoms with Crippen molar-refractivity contribution in [2.45, 2.75) is 37.5 Å². The second-order valence-corrected chi connectivity index (χ2v) is 9.09. The predicted octanol–water partition coefficient (Wildman–Crippen LogP) is 3.23. The van der Waals surface area contributed by atoms with E-state index in [4.69, 9.17) is 16.3 Å². The smallest absolute Gasteiger partial charge is 0.272 e. The number of amides is 1. The van der Waals surface area contributed by atoms with E-state index in [-0.39, 0.29) is 29.4 Å². The monoisotopic (exact) mass is 447 g/mol. The molecule has 1 fully saturated rings. The lowest BCUT2D eigenvalue weighted by Gasteiger charge is -2.44. The fourth-order valence-corrected chi connectivity index (χ4v) is 4.78. The number of nitrogens with one attached hydrogen (secondary N) is 1. The number of halogens is 1. The van der Waals surface area contributed by atoms with Gasteiger partial charge in [-0.25, -0.2) is 4.98 Å². The third-order valence-corrected chi connectivity index (χ3v) is 6.37. The molecule has 1 spiro atoms. The maximum Gasteiger partial charge on any atom is 0.272 e. The molecule has 4 rings (SSSR count). The number of aromatic nitrogens is 2. The molecule has 0 bridgehead atoms. The molecule has 7 nitrogen and oxygen atoms in total. The number of ether oxygens (including phenoxy) is 1. The number of carbonyl (C=O) groups excluding carboxylic acids is 2. The Morgan fingerprint density at radius 1 is 1.30 bits per heavy atom. The number of benzene rings is 1. The van der Waals surface area contributed by atoms with Crippen LogP contribution in [0.5, 0.6) is 5.75 Å². The highest BCUT2D eigenvalue weighted by atomic mass is 35.5. The van der Waals surface area contributed by atoms with Crippen molar-refractivity contribution in [2.75, 3.05) is 19.3 Å². The van der Waals surface area contributed by atoms with E-state index in [1.807, 2.05) is 13.2 Å². The summed E-state index contributed by atoms with van der Waals surface area (Å²) in [5, 5.41) is 0.519. The van der Waals surface area contributed by atoms with E-state index in [2.05, 4.69) is 9.97 Å². The number of aromatic amines is 1. The second kappa shape index (κ2) is 8.07. The van der Waals surface area contributed by atoms with E-state index >= 15 is 0 Å². The van der Waals surface area contributed by atoms with Crippen molar-refractivity contribution in [3.63, 3.8) is 0 Å². The van der Waals surface area contributed by atoms with E-state index in [0.717, 1.165) is 5.56 Å². The van der Waals surface area contributed by atoms with Crippen molar-refractivity contribution in [1.29, 1.82) is 0 Å². The number of likely N-dealkylation sites (tertiary alicyclic amines) is 1. The van der Waals surface area contributed by atoms with E-state index in [9.17, 15) is 14.4 Å². The Balaban J connectivity index is 1.51. The molecule has 158 valence electrons. The Kier molecular flexibility index (Phi) is 5.63. The van der Waals surface area contributed by atoms with E-state index in [1.54, 1.807) is 17.0 Å². The molecule has 3 heterocycles. The minimum atomic E-state index is -0.620. The number of ketones is 1. The topological polar surface area (TPSA) is 92.4 Å². The quantitative estimate of drug-likeness (QED) is 0.776. The SMILES string of the molecule is CSCc1nc(C(=O)N2CCC3(CC2)CC(=O)c2cc(Cl)cc(C)c2O3)cc(=O)[nH]1. The Morgan fingerprint density at radius 3 is 2.73 bits per heavy atom. The van der Waals surface area contributed by atoms with Gasteiger partial charge in [0.05, 0.1) is 17.7 Å². The first-order chi connectivity index (χ1) is 14.3. The zero-order valence-corrected chi connectivity index (χ0v) is 18.4. The van der Waals surface area contributed by atoms with Crippen LogP contribution in [0.4, 0.5) is 0 Å². The maximum absolute atomic E-state index is 12.9. The molecular formula is C21H22ClN3O4S. The van der Waals surface area contributed by atoms with Crippen molar-refractivity contribution in [3.8, 4) is 5.75 Å². The van der Waals surface area contributed by atoms with Crippen LogP contribution in [0, 0.1) is 6.92 Å². The molecule has 0 atom stereocenters. The first-order valence-corrected chi connectivity index (χ1v) is 11.5. The van der Waals surface area contributed by atoms with Gasteiger partial charge in [0.15, 0.2) is 5.78 Å². The third-order valence-electron chi connectivity index (χ3n) is 5.59. The second-order valence-electron chi connectivity index (χ2n) is 7.79. The molecule has 0 radical (unpaired) electrons. The predicted molar refractivity (Wildman–Crippen MR) is 116 cm³/mol. The first-order valence-electron chi connectivity index (χ1n) is 9.71. The molecule has 9 heteroatoms. The number of fused-ring (bicyclic) bond motifs is 1. The van der Waals surface area contributed by atoms with Gasteiger partial charge in [-0.15, -0.1) is 0 Å². The molecule has 0 saturated carbocycles. The molecule has 2 aromatic rings. The Hall–Kier alpha value is -2.32. The molecule has 1 N–H and O–H groups in total. The summed E-state index contributed by atoms with van der Waals surface area (Å²) in [5.74, 6) is 1.34. The van der Waals surface area contributed by atoms with E-state index in [1.165, 1.54) is 17.8 Å². The van der Waals surface area contributed by atoms with Gasteiger partial charge in [-0.1, -0.05) is 11.6 Å². The van der Waals surface area contributed by atoms with Crippen LogP contribution in [0.2, 0.25) is 5.02 Å². The van der Waals surface area contributed by atoms with E-state index < -0.39 is 5.60 Å². The van der Waals surface area contributed by atoms with Gasteiger partial charge in [-0.3, -0.25) is 14.4 Å². The Labute approximate surface area is 183 Å². The number of carbonyl (C=O) groups is 2. The molecule has 30 heavy (non-hydrogen) atoms. The zero-order valence-electron chi connectivity index (χ0n) is 16.8. The summed E-state index contributed by atoms with van der Waals surface area (Å²) in [6.45, 7) is 2.74. The van der Waals surface area contributed by atoms with Crippen molar-refractivity contribution < 1.29 is 14.3 Å². The summed E-state index contributed by atoms with van der Waals surface area (Å²) in [5.41, 5.74) is 0.550. The van der Waals surface area contributed by atoms with E-state index in [0.29, 0.717) is 53.8 Å². The summed E-state index contributed by atoms with van der Waals surface area (Å²) >= 11 is 7.61. The highest BCUT2D eigenvalue weighted by Crippen LogP contribution is 2.42. The molecule has 1 aromatic carbocycles. The Morgan fingerprint density at radius 2 is 2.03 bits per heavy atom. The average molecular weight is 448 g/mol. The number of aryl methyl sites for hydroxylation is 1. The van der Waals surface area contributed by atoms with Gasteiger partial charge in [0.2, 0.25) is 0 Å². The molecule has 1 aromatic heterocycles. The molecule has 0 aliphatic carbocycles. The lowest BCUT2D eigenvalue weighted by atomic mass is 9.82. The molecular weight excluding hydrogens is 426 g/mol. The average Bonchev–Trinajstić information content (AvgIpc) is 2.69. The molecule has 1 saturated heterocycles. The summed E-state index contributed by atoms with van der Waals surface area (Å²) < 4.78 is 6.33. The van der Waals surface area contributed by atoms with Crippen LogP contribution < -0.4 is 10.3 Å². The van der Waals surface area contributed by atoms with Crippen LogP contribution in [0.15, 0.2) is 23.0 Å². The van der Waals surface area contributed by atoms with Gasteiger partial charge in [-0.05, 0) is 30.9 Å². The number of piperidine rings is 1. The summed E-state index contributed by atoms with van der Waals surface area (Å²) in [6.07, 6.45) is 3.24. The van der Waals surface area contributed by atoms with Crippen molar-refractivity contribution in [1.82, 2.24) is 14.9 Å². The van der Waals surface area contributed by atoms with Gasteiger partial charge in [0.25, 0.3) is 11.5 Å². The summed E-state index contributed by atoms with van der Waals surface area (Å²) in [7, 11) is 0. The molecule has 2 aliphatic heterocycles. The molecule has 1 amide bonds. The van der Waals surface area contributed by atoms with Gasteiger partial charge >= 0.3 is 0 Å². The maximum atomic E-state index is 12.9. The van der Waals surface area contributed by atoms with Gasteiger partial charge < -0.3 is 14.6 Å². The molecule has 0 unspecified atom stereocenters. The normalized spacial score (nSPS) is 17.6. The van der Waals surface area contributed by atoms with Crippen molar-refractivity contribution in [2.24, 2.45) is 0 Å². The number of hydrogen-bond acceptors (Lipinski definition) is 6. The van der Waals surface area contributed by atoms with Gasteiger partial charge in [0.1, 0.15) is 22.9 Å². The number of thioether (sulfide) groups is 1. The minimum absolute atomic E-state index is 0.0135. The number of hydrogen-bond donors (Lipinski definition) is 1. The Bertz CT molecular complexity index is 1080. The number of Topliss-reactive ketones (excluding diaryl/α,β-unsaturated/α-hetero) is 1. The highest BCUT2D eigenvalue weighted by molar-refractivity contribution is 7.97. The van der Waals surface area contributed by atoms with Crippen molar-refractivity contribution in [3.05, 3.63) is 56.2 Å². The zero-order chi connectivity index (χ0) is 21.5. The number of rotatable bonds is 3. The van der Waals surface area contributed by atoms with Crippen LogP contribution >= 0.6 is 23.4 Å². The van der Waals surface area contributed by atoms with Crippen LogP contribution in [-0.2, 0) is 5.75 Å². The minimum Gasteiger partial charge on any atom is -0.486 e. The largest absolute Gasteiger partial charge is 0.486 e. The van der Waals surface area contributed by atoms with Crippen LogP contribution in [0.3, 0.4) is 0 Å². The van der Waals surface area contributed by atoms with Crippen LogP contribution in [-0.4, -0.2) is 51.5 Å². The number of H-pyrrole nitrogens is 1.